The van der Waals surface area contributed by atoms with Gasteiger partial charge in [0.2, 0.25) is 0 Å². The molecule has 0 rings (SSSR count). The van der Waals surface area contributed by atoms with Crippen molar-refractivity contribution in [2.75, 3.05) is 32.8 Å². The number of esters is 2. The van der Waals surface area contributed by atoms with Gasteiger partial charge >= 0.3 is 11.9 Å². The summed E-state index contributed by atoms with van der Waals surface area (Å²) in [6.07, 6.45) is 38.8. The summed E-state index contributed by atoms with van der Waals surface area (Å²) >= 11 is 0. The largest absolute Gasteiger partial charge is 0.466 e. The maximum atomic E-state index is 12.7. The zero-order valence-electron chi connectivity index (χ0n) is 36.1. The van der Waals surface area contributed by atoms with Gasteiger partial charge in [0.15, 0.2) is 0 Å². The predicted octanol–water partition coefficient (Wildman–Crippen LogP) is 13.7. The molecule has 0 aromatic rings. The van der Waals surface area contributed by atoms with Gasteiger partial charge in [-0.2, -0.15) is 0 Å². The summed E-state index contributed by atoms with van der Waals surface area (Å²) in [5, 5.41) is 0. The second-order valence-electron chi connectivity index (χ2n) is 15.2. The molecule has 0 atom stereocenters. The van der Waals surface area contributed by atoms with Gasteiger partial charge in [-0.3, -0.25) is 9.59 Å². The van der Waals surface area contributed by atoms with Crippen molar-refractivity contribution in [3.8, 4) is 0 Å². The van der Waals surface area contributed by atoms with Gasteiger partial charge in [0, 0.05) is 25.9 Å². The SMILES string of the molecule is CC.CCCCCCCCCOC(=O)CCCCCCCN(CCN)CCCCCCCC(=O)OC(CCCCCCCC)CCCCCCCC. The Hall–Kier alpha value is -1.14. The normalized spacial score (nSPS) is 11.2. The van der Waals surface area contributed by atoms with E-state index in [9.17, 15) is 9.59 Å². The zero-order valence-corrected chi connectivity index (χ0v) is 36.1. The number of unbranched alkanes of at least 4 members (excludes halogenated alkanes) is 24. The van der Waals surface area contributed by atoms with Gasteiger partial charge < -0.3 is 20.1 Å². The Labute approximate surface area is 326 Å². The van der Waals surface area contributed by atoms with E-state index in [2.05, 4.69) is 25.7 Å². The first-order valence-corrected chi connectivity index (χ1v) is 23.3. The van der Waals surface area contributed by atoms with E-state index in [1.807, 2.05) is 13.8 Å². The second kappa shape index (κ2) is 46.0. The van der Waals surface area contributed by atoms with Crippen LogP contribution < -0.4 is 5.73 Å². The van der Waals surface area contributed by atoms with Crippen LogP contribution in [0, 0.1) is 0 Å². The highest BCUT2D eigenvalue weighted by atomic mass is 16.5. The molecule has 6 heteroatoms. The minimum atomic E-state index is -0.0173. The third-order valence-electron chi connectivity index (χ3n) is 10.2. The van der Waals surface area contributed by atoms with E-state index < -0.39 is 0 Å². The number of carbonyl (C=O) groups is 2. The molecule has 0 radical (unpaired) electrons. The Kier molecular flexibility index (Phi) is 46.9. The smallest absolute Gasteiger partial charge is 0.306 e. The molecule has 52 heavy (non-hydrogen) atoms. The molecule has 6 nitrogen and oxygen atoms in total. The topological polar surface area (TPSA) is 81.9 Å². The molecule has 0 heterocycles. The van der Waals surface area contributed by atoms with Crippen molar-refractivity contribution in [2.45, 2.75) is 253 Å². The van der Waals surface area contributed by atoms with Crippen molar-refractivity contribution in [1.29, 1.82) is 0 Å². The molecule has 0 aliphatic heterocycles. The van der Waals surface area contributed by atoms with Crippen molar-refractivity contribution in [3.63, 3.8) is 0 Å². The highest BCUT2D eigenvalue weighted by molar-refractivity contribution is 5.69. The van der Waals surface area contributed by atoms with Gasteiger partial charge in [-0.15, -0.1) is 0 Å². The summed E-state index contributed by atoms with van der Waals surface area (Å²) in [6.45, 7) is 15.3. The number of nitrogens with zero attached hydrogens (tertiary/aromatic N) is 1. The molecule has 0 bridgehead atoms. The van der Waals surface area contributed by atoms with Crippen LogP contribution in [0.1, 0.15) is 247 Å². The van der Waals surface area contributed by atoms with Gasteiger partial charge in [-0.05, 0) is 70.9 Å². The van der Waals surface area contributed by atoms with Crippen LogP contribution in [0.3, 0.4) is 0 Å². The zero-order chi connectivity index (χ0) is 38.6. The molecule has 0 amide bonds. The fraction of sp³-hybridized carbons (Fsp3) is 0.957. The Morgan fingerprint density at radius 2 is 0.827 bits per heavy atom. The van der Waals surface area contributed by atoms with Crippen molar-refractivity contribution < 1.29 is 19.1 Å². The second-order valence-corrected chi connectivity index (χ2v) is 15.2. The molecule has 312 valence electrons. The summed E-state index contributed by atoms with van der Waals surface area (Å²) < 4.78 is 11.4. The molecule has 0 spiro atoms. The summed E-state index contributed by atoms with van der Waals surface area (Å²) in [5.41, 5.74) is 5.91. The van der Waals surface area contributed by atoms with E-state index in [4.69, 9.17) is 15.2 Å². The van der Waals surface area contributed by atoms with E-state index in [0.29, 0.717) is 26.0 Å². The summed E-state index contributed by atoms with van der Waals surface area (Å²) in [6, 6.07) is 0. The molecule has 2 N–H and O–H groups in total. The third kappa shape index (κ3) is 41.6. The average molecular weight is 739 g/mol. The molecule has 0 unspecified atom stereocenters. The molecule has 0 saturated heterocycles. The van der Waals surface area contributed by atoms with Gasteiger partial charge in [-0.1, -0.05) is 176 Å². The van der Waals surface area contributed by atoms with Crippen molar-refractivity contribution >= 4 is 11.9 Å². The van der Waals surface area contributed by atoms with Gasteiger partial charge in [0.05, 0.1) is 6.61 Å². The van der Waals surface area contributed by atoms with Crippen molar-refractivity contribution in [2.24, 2.45) is 5.73 Å². The lowest BCUT2D eigenvalue weighted by Gasteiger charge is -2.21. The van der Waals surface area contributed by atoms with E-state index in [1.165, 1.54) is 154 Å². The van der Waals surface area contributed by atoms with Crippen LogP contribution in [0.15, 0.2) is 0 Å². The van der Waals surface area contributed by atoms with Gasteiger partial charge in [0.1, 0.15) is 6.10 Å². The Balaban J connectivity index is 0. The predicted molar refractivity (Wildman–Crippen MR) is 227 cm³/mol. The van der Waals surface area contributed by atoms with E-state index in [-0.39, 0.29) is 18.0 Å². The van der Waals surface area contributed by atoms with Crippen LogP contribution in [-0.4, -0.2) is 55.7 Å². The highest BCUT2D eigenvalue weighted by Gasteiger charge is 2.14. The van der Waals surface area contributed by atoms with Gasteiger partial charge in [0.25, 0.3) is 0 Å². The lowest BCUT2D eigenvalue weighted by molar-refractivity contribution is -0.150. The molecule has 0 aliphatic carbocycles. The first kappa shape index (κ1) is 53.0. The van der Waals surface area contributed by atoms with Crippen LogP contribution in [-0.2, 0) is 19.1 Å². The number of hydrogen-bond acceptors (Lipinski definition) is 6. The maximum absolute atomic E-state index is 12.7. The summed E-state index contributed by atoms with van der Waals surface area (Å²) in [4.78, 5) is 27.2. The lowest BCUT2D eigenvalue weighted by atomic mass is 10.0. The fourth-order valence-corrected chi connectivity index (χ4v) is 6.92. The van der Waals surface area contributed by atoms with E-state index >= 15 is 0 Å². The number of rotatable bonds is 41. The summed E-state index contributed by atoms with van der Waals surface area (Å²) in [5.74, 6) is 0.0103. The van der Waals surface area contributed by atoms with Crippen LogP contribution in [0.2, 0.25) is 0 Å². The standard InChI is InChI=1S/C44H88N2O4.C2H6/c1-4-7-10-13-16-25-32-41-49-43(47)35-28-21-17-23-30-38-46(40-37-45)39-31-24-18-22-29-36-44(48)50-42(33-26-19-14-11-8-5-2)34-27-20-15-12-9-6-3;1-2/h42H,4-41,45H2,1-3H3;1-2H3. The average Bonchev–Trinajstić information content (AvgIpc) is 3.15. The van der Waals surface area contributed by atoms with E-state index in [0.717, 1.165) is 64.6 Å². The van der Waals surface area contributed by atoms with Crippen LogP contribution in [0.5, 0.6) is 0 Å². The number of carbonyl (C=O) groups excluding carboxylic acids is 2. The van der Waals surface area contributed by atoms with Crippen LogP contribution in [0.25, 0.3) is 0 Å². The molecule has 0 aromatic carbocycles. The monoisotopic (exact) mass is 739 g/mol. The Morgan fingerprint density at radius 1 is 0.462 bits per heavy atom. The fourth-order valence-electron chi connectivity index (χ4n) is 6.92. The molecule has 0 saturated carbocycles. The molecule has 0 aliphatic rings. The molecular formula is C46H94N2O4. The third-order valence-corrected chi connectivity index (χ3v) is 10.2. The number of ether oxygens (including phenoxy) is 2. The highest BCUT2D eigenvalue weighted by Crippen LogP contribution is 2.18. The maximum Gasteiger partial charge on any atom is 0.306 e. The minimum absolute atomic E-state index is 0.0173. The first-order chi connectivity index (χ1) is 25.6. The van der Waals surface area contributed by atoms with Gasteiger partial charge in [-0.25, -0.2) is 0 Å². The van der Waals surface area contributed by atoms with E-state index in [1.54, 1.807) is 0 Å². The van der Waals surface area contributed by atoms with Crippen molar-refractivity contribution in [3.05, 3.63) is 0 Å². The summed E-state index contributed by atoms with van der Waals surface area (Å²) in [7, 11) is 0. The molecular weight excluding hydrogens is 645 g/mol. The first-order valence-electron chi connectivity index (χ1n) is 23.3. The van der Waals surface area contributed by atoms with Crippen molar-refractivity contribution in [1.82, 2.24) is 4.90 Å². The van der Waals surface area contributed by atoms with Crippen LogP contribution >= 0.6 is 0 Å². The minimum Gasteiger partial charge on any atom is -0.466 e. The van der Waals surface area contributed by atoms with Crippen LogP contribution in [0.4, 0.5) is 0 Å². The Bertz CT molecular complexity index is 688. The number of nitrogens with two attached hydrogens (primary N) is 1. The molecule has 0 aromatic heterocycles. The Morgan fingerprint density at radius 3 is 1.27 bits per heavy atom. The number of hydrogen-bond donors (Lipinski definition) is 1. The quantitative estimate of drug-likeness (QED) is 0.0497. The molecule has 0 fully saturated rings. The lowest BCUT2D eigenvalue weighted by Crippen LogP contribution is -2.31.